The van der Waals surface area contributed by atoms with Crippen molar-refractivity contribution in [1.82, 2.24) is 19.9 Å². The normalized spacial score (nSPS) is 21.1. The third-order valence-electron chi connectivity index (χ3n) is 6.41. The van der Waals surface area contributed by atoms with Gasteiger partial charge in [0.25, 0.3) is 11.8 Å². The number of anilines is 1. The van der Waals surface area contributed by atoms with Crippen molar-refractivity contribution in [3.63, 3.8) is 0 Å². The van der Waals surface area contributed by atoms with Gasteiger partial charge >= 0.3 is 0 Å². The van der Waals surface area contributed by atoms with Crippen molar-refractivity contribution < 1.29 is 32.2 Å². The molecular weight excluding hydrogens is 481 g/mol. The summed E-state index contributed by atoms with van der Waals surface area (Å²) in [6.07, 6.45) is 3.48. The fraction of sp³-hybridized carbons (Fsp3) is 0.522. The molecule has 0 N–H and O–H groups in total. The lowest BCUT2D eigenvalue weighted by molar-refractivity contribution is -0.173. The van der Waals surface area contributed by atoms with E-state index in [1.165, 1.54) is 36.2 Å². The molecule has 1 unspecified atom stereocenters. The van der Waals surface area contributed by atoms with Crippen molar-refractivity contribution in [2.75, 3.05) is 51.5 Å². The number of carbonyl (C=O) groups excluding carboxylic acids is 1. The zero-order valence-electron chi connectivity index (χ0n) is 19.8. The topological polar surface area (TPSA) is 114 Å². The summed E-state index contributed by atoms with van der Waals surface area (Å²) in [6.45, 7) is 0.809. The standard InChI is InChI=1S/C23H25F3N6O4/c1-22(20(33)31-5-6-35-18-15(9-27)10-28-11-16(18)13-31)3-4-32(14-23(22,25)26)21-29-12-17(24)19(30-21)36-8-7-34-2/h10-12H,3-8,13-14H2,1-2H3. The molecule has 10 nitrogen and oxygen atoms in total. The van der Waals surface area contributed by atoms with Crippen molar-refractivity contribution in [3.8, 4) is 17.7 Å². The summed E-state index contributed by atoms with van der Waals surface area (Å²) in [5, 5.41) is 9.28. The van der Waals surface area contributed by atoms with E-state index in [4.69, 9.17) is 14.2 Å². The van der Waals surface area contributed by atoms with Gasteiger partial charge < -0.3 is 24.0 Å². The van der Waals surface area contributed by atoms with Gasteiger partial charge in [0.15, 0.2) is 0 Å². The number of rotatable bonds is 6. The van der Waals surface area contributed by atoms with E-state index in [1.807, 2.05) is 6.07 Å². The lowest BCUT2D eigenvalue weighted by Gasteiger charge is -2.46. The average Bonchev–Trinajstić information content (AvgIpc) is 3.09. The molecule has 0 bridgehead atoms. The molecule has 192 valence electrons. The second-order valence-electron chi connectivity index (χ2n) is 8.73. The smallest absolute Gasteiger partial charge is 0.279 e. The highest BCUT2D eigenvalue weighted by atomic mass is 19.3. The highest BCUT2D eigenvalue weighted by Gasteiger charge is 2.60. The molecule has 1 amide bonds. The first-order valence-electron chi connectivity index (χ1n) is 11.3. The number of pyridine rings is 1. The Balaban J connectivity index is 1.52. The number of halogens is 3. The maximum atomic E-state index is 15.6. The lowest BCUT2D eigenvalue weighted by Crippen LogP contribution is -2.61. The van der Waals surface area contributed by atoms with Crippen LogP contribution in [0.3, 0.4) is 0 Å². The molecule has 0 radical (unpaired) electrons. The van der Waals surface area contributed by atoms with Gasteiger partial charge in [-0.3, -0.25) is 9.78 Å². The molecule has 36 heavy (non-hydrogen) atoms. The molecule has 1 saturated heterocycles. The first kappa shape index (κ1) is 25.4. The SMILES string of the molecule is COCCOc1nc(N2CCC(C)(C(=O)N3CCOc4c(C#N)cncc4C3)C(F)(F)C2)ncc1F. The van der Waals surface area contributed by atoms with Crippen LogP contribution in [-0.4, -0.2) is 78.2 Å². The highest BCUT2D eigenvalue weighted by molar-refractivity contribution is 5.84. The monoisotopic (exact) mass is 506 g/mol. The Bertz CT molecular complexity index is 1180. The van der Waals surface area contributed by atoms with Crippen LogP contribution in [0.4, 0.5) is 19.1 Å². The highest BCUT2D eigenvalue weighted by Crippen LogP contribution is 2.46. The Morgan fingerprint density at radius 3 is 2.81 bits per heavy atom. The van der Waals surface area contributed by atoms with E-state index >= 15 is 8.78 Å². The van der Waals surface area contributed by atoms with Crippen LogP contribution in [0.1, 0.15) is 24.5 Å². The van der Waals surface area contributed by atoms with Crippen molar-refractivity contribution >= 4 is 11.9 Å². The fourth-order valence-corrected chi connectivity index (χ4v) is 4.21. The number of fused-ring (bicyclic) bond motifs is 1. The Hall–Kier alpha value is -3.66. The number of aromatic nitrogens is 3. The van der Waals surface area contributed by atoms with Crippen molar-refractivity contribution in [2.24, 2.45) is 5.41 Å². The van der Waals surface area contributed by atoms with Crippen LogP contribution in [-0.2, 0) is 16.1 Å². The largest absolute Gasteiger partial charge is 0.490 e. The minimum Gasteiger partial charge on any atom is -0.490 e. The van der Waals surface area contributed by atoms with Gasteiger partial charge in [0.2, 0.25) is 17.7 Å². The Morgan fingerprint density at radius 2 is 2.08 bits per heavy atom. The van der Waals surface area contributed by atoms with Gasteiger partial charge in [-0.2, -0.15) is 14.6 Å². The Morgan fingerprint density at radius 1 is 1.28 bits per heavy atom. The maximum Gasteiger partial charge on any atom is 0.279 e. The number of amides is 1. The second kappa shape index (κ2) is 10.1. The molecule has 2 aromatic heterocycles. The van der Waals surface area contributed by atoms with E-state index in [1.54, 1.807) is 0 Å². The summed E-state index contributed by atoms with van der Waals surface area (Å²) in [5.74, 6) is -5.18. The van der Waals surface area contributed by atoms with Gasteiger partial charge in [-0.25, -0.2) is 13.8 Å². The number of alkyl halides is 2. The molecule has 2 aromatic rings. The molecule has 0 aromatic carbocycles. The van der Waals surface area contributed by atoms with E-state index in [-0.39, 0.29) is 63.3 Å². The van der Waals surface area contributed by atoms with Crippen molar-refractivity contribution in [3.05, 3.63) is 35.5 Å². The Labute approximate surface area is 205 Å². The van der Waals surface area contributed by atoms with E-state index in [0.717, 1.165) is 6.20 Å². The molecule has 2 aliphatic heterocycles. The van der Waals surface area contributed by atoms with Crippen LogP contribution in [0.15, 0.2) is 18.6 Å². The molecule has 1 fully saturated rings. The molecule has 0 spiro atoms. The average molecular weight is 506 g/mol. The second-order valence-corrected chi connectivity index (χ2v) is 8.73. The maximum absolute atomic E-state index is 15.6. The zero-order valence-corrected chi connectivity index (χ0v) is 19.8. The Kier molecular flexibility index (Phi) is 7.16. The van der Waals surface area contributed by atoms with Crippen molar-refractivity contribution in [1.29, 1.82) is 5.26 Å². The summed E-state index contributed by atoms with van der Waals surface area (Å²) in [6, 6.07) is 1.99. The number of ether oxygens (including phenoxy) is 3. The van der Waals surface area contributed by atoms with Gasteiger partial charge in [-0.05, 0) is 13.3 Å². The first-order chi connectivity index (χ1) is 17.2. The summed E-state index contributed by atoms with van der Waals surface area (Å²) in [5.41, 5.74) is -1.31. The number of nitrogens with zero attached hydrogens (tertiary/aromatic N) is 6. The fourth-order valence-electron chi connectivity index (χ4n) is 4.21. The van der Waals surface area contributed by atoms with E-state index in [0.29, 0.717) is 11.3 Å². The van der Waals surface area contributed by atoms with Crippen LogP contribution in [0.25, 0.3) is 0 Å². The molecule has 2 aliphatic rings. The van der Waals surface area contributed by atoms with Crippen LogP contribution < -0.4 is 14.4 Å². The minimum atomic E-state index is -3.46. The van der Waals surface area contributed by atoms with Crippen LogP contribution in [0, 0.1) is 22.6 Å². The zero-order chi connectivity index (χ0) is 25.9. The summed E-state index contributed by atoms with van der Waals surface area (Å²) in [4.78, 5) is 27.8. The summed E-state index contributed by atoms with van der Waals surface area (Å²) >= 11 is 0. The van der Waals surface area contributed by atoms with Gasteiger partial charge in [0, 0.05) is 31.6 Å². The summed E-state index contributed by atoms with van der Waals surface area (Å²) in [7, 11) is 1.46. The molecule has 0 aliphatic carbocycles. The van der Waals surface area contributed by atoms with Crippen LogP contribution >= 0.6 is 0 Å². The predicted molar refractivity (Wildman–Crippen MR) is 119 cm³/mol. The molecule has 1 atom stereocenters. The number of methoxy groups -OCH3 is 1. The number of nitriles is 1. The van der Waals surface area contributed by atoms with E-state index < -0.39 is 29.6 Å². The molecule has 4 rings (SSSR count). The van der Waals surface area contributed by atoms with Crippen LogP contribution in [0.2, 0.25) is 0 Å². The molecule has 13 heteroatoms. The van der Waals surface area contributed by atoms with E-state index in [2.05, 4.69) is 15.0 Å². The van der Waals surface area contributed by atoms with Crippen LogP contribution in [0.5, 0.6) is 11.6 Å². The van der Waals surface area contributed by atoms with Crippen molar-refractivity contribution in [2.45, 2.75) is 25.8 Å². The number of carbonyl (C=O) groups is 1. The van der Waals surface area contributed by atoms with Gasteiger partial charge in [0.05, 0.1) is 32.4 Å². The molecular formula is C23H25F3N6O4. The predicted octanol–water partition coefficient (Wildman–Crippen LogP) is 2.18. The lowest BCUT2D eigenvalue weighted by atomic mass is 9.75. The third kappa shape index (κ3) is 4.73. The summed E-state index contributed by atoms with van der Waals surface area (Å²) < 4.78 is 60.9. The number of hydrogen-bond donors (Lipinski definition) is 0. The number of hydrogen-bond acceptors (Lipinski definition) is 9. The van der Waals surface area contributed by atoms with E-state index in [9.17, 15) is 14.4 Å². The molecule has 0 saturated carbocycles. The first-order valence-corrected chi connectivity index (χ1v) is 11.3. The number of piperidine rings is 1. The van der Waals surface area contributed by atoms with Gasteiger partial charge in [0.1, 0.15) is 36.0 Å². The van der Waals surface area contributed by atoms with Gasteiger partial charge in [-0.1, -0.05) is 0 Å². The third-order valence-corrected chi connectivity index (χ3v) is 6.41. The quantitative estimate of drug-likeness (QED) is 0.544. The molecule has 4 heterocycles. The van der Waals surface area contributed by atoms with Gasteiger partial charge in [-0.15, -0.1) is 0 Å². The minimum absolute atomic E-state index is 0.00465.